The van der Waals surface area contributed by atoms with Crippen molar-refractivity contribution in [2.75, 3.05) is 0 Å². The number of allylic oxidation sites excluding steroid dienone is 2. The van der Waals surface area contributed by atoms with E-state index in [0.717, 1.165) is 6.42 Å². The van der Waals surface area contributed by atoms with Crippen LogP contribution in [0.5, 0.6) is 0 Å². The first-order chi connectivity index (χ1) is 10.1. The quantitative estimate of drug-likeness (QED) is 0.488. The zero-order valence-corrected chi connectivity index (χ0v) is 19.1. The molecule has 0 aromatic rings. The van der Waals surface area contributed by atoms with Crippen LogP contribution in [0.25, 0.3) is 0 Å². The van der Waals surface area contributed by atoms with Crippen LogP contribution in [-0.2, 0) is 0 Å². The third-order valence-corrected chi connectivity index (χ3v) is 6.56. The first-order valence-corrected chi connectivity index (χ1v) is 9.61. The minimum Gasteiger partial charge on any atom is -0.325 e. The van der Waals surface area contributed by atoms with E-state index < -0.39 is 0 Å². The molecule has 1 heteroatoms. The summed E-state index contributed by atoms with van der Waals surface area (Å²) in [5.41, 5.74) is 7.26. The van der Waals surface area contributed by atoms with Gasteiger partial charge in [0.1, 0.15) is 0 Å². The van der Waals surface area contributed by atoms with E-state index in [9.17, 15) is 0 Å². The Hall–Kier alpha value is -0.300. The minimum absolute atomic E-state index is 0.0929. The first-order valence-electron chi connectivity index (χ1n) is 9.61. The van der Waals surface area contributed by atoms with E-state index in [2.05, 4.69) is 102 Å². The van der Waals surface area contributed by atoms with Gasteiger partial charge in [0.25, 0.3) is 0 Å². The first kappa shape index (κ1) is 23.7. The second kappa shape index (κ2) is 6.78. The number of nitrogens with two attached hydrogens (primary N) is 1. The van der Waals surface area contributed by atoms with Gasteiger partial charge in [0, 0.05) is 5.54 Å². The van der Waals surface area contributed by atoms with E-state index in [0.29, 0.717) is 10.8 Å². The molecule has 0 heterocycles. The lowest BCUT2D eigenvalue weighted by Crippen LogP contribution is -2.49. The standard InChI is InChI=1S/C23H47N/c1-18(2,3)21(8,9)16-19(4,5)14-15-20(6,7)17-22(10,11)23(12,13)24/h14-15H,16-17,24H2,1-13H3/b15-14+. The molecule has 0 spiro atoms. The lowest BCUT2D eigenvalue weighted by molar-refractivity contribution is 0.0829. The Morgan fingerprint density at radius 3 is 1.08 bits per heavy atom. The maximum atomic E-state index is 6.41. The molecule has 0 amide bonds. The summed E-state index contributed by atoms with van der Waals surface area (Å²) in [6, 6.07) is 0. The van der Waals surface area contributed by atoms with Gasteiger partial charge in [-0.05, 0) is 53.8 Å². The van der Waals surface area contributed by atoms with E-state index in [1.807, 2.05) is 0 Å². The van der Waals surface area contributed by atoms with Crippen LogP contribution in [0.1, 0.15) is 103 Å². The smallest absolute Gasteiger partial charge is 0.0149 e. The largest absolute Gasteiger partial charge is 0.325 e. The Bertz CT molecular complexity index is 392. The van der Waals surface area contributed by atoms with Crippen LogP contribution >= 0.6 is 0 Å². The average Bonchev–Trinajstić information content (AvgIpc) is 2.20. The maximum absolute atomic E-state index is 6.41. The van der Waals surface area contributed by atoms with Gasteiger partial charge in [-0.15, -0.1) is 0 Å². The van der Waals surface area contributed by atoms with Gasteiger partial charge in [-0.2, -0.15) is 0 Å². The number of rotatable bonds is 7. The molecule has 24 heavy (non-hydrogen) atoms. The van der Waals surface area contributed by atoms with Gasteiger partial charge < -0.3 is 5.73 Å². The number of hydrogen-bond donors (Lipinski definition) is 1. The second-order valence-corrected chi connectivity index (χ2v) is 12.4. The molecule has 0 bridgehead atoms. The van der Waals surface area contributed by atoms with Crippen molar-refractivity contribution in [3.8, 4) is 0 Å². The summed E-state index contributed by atoms with van der Waals surface area (Å²) in [6.45, 7) is 30.1. The Balaban J connectivity index is 5.22. The highest BCUT2D eigenvalue weighted by Crippen LogP contribution is 2.47. The summed E-state index contributed by atoms with van der Waals surface area (Å²) in [5.74, 6) is 0. The molecule has 0 aliphatic carbocycles. The van der Waals surface area contributed by atoms with Gasteiger partial charge in [0.2, 0.25) is 0 Å². The summed E-state index contributed by atoms with van der Waals surface area (Å²) < 4.78 is 0. The Labute approximate surface area is 153 Å². The molecule has 0 saturated heterocycles. The highest BCUT2D eigenvalue weighted by atomic mass is 14.8. The molecular weight excluding hydrogens is 290 g/mol. The van der Waals surface area contributed by atoms with Crippen molar-refractivity contribution < 1.29 is 0 Å². The van der Waals surface area contributed by atoms with Crippen LogP contribution in [0, 0.1) is 27.1 Å². The highest BCUT2D eigenvalue weighted by molar-refractivity contribution is 5.06. The maximum Gasteiger partial charge on any atom is 0.0149 e. The van der Waals surface area contributed by atoms with Crippen molar-refractivity contribution in [3.05, 3.63) is 12.2 Å². The predicted molar refractivity (Wildman–Crippen MR) is 111 cm³/mol. The van der Waals surface area contributed by atoms with Crippen LogP contribution in [0.15, 0.2) is 12.2 Å². The van der Waals surface area contributed by atoms with Gasteiger partial charge >= 0.3 is 0 Å². The summed E-state index contributed by atoms with van der Waals surface area (Å²) in [6.07, 6.45) is 7.14. The molecule has 0 rings (SSSR count). The van der Waals surface area contributed by atoms with Gasteiger partial charge in [0.05, 0.1) is 0 Å². The topological polar surface area (TPSA) is 26.0 Å². The molecule has 2 N–H and O–H groups in total. The van der Waals surface area contributed by atoms with Gasteiger partial charge in [0.15, 0.2) is 0 Å². The zero-order valence-electron chi connectivity index (χ0n) is 19.1. The lowest BCUT2D eigenvalue weighted by atomic mass is 9.61. The molecule has 0 saturated carbocycles. The summed E-state index contributed by atoms with van der Waals surface area (Å²) >= 11 is 0. The van der Waals surface area contributed by atoms with E-state index in [1.165, 1.54) is 6.42 Å². The van der Waals surface area contributed by atoms with E-state index in [1.54, 1.807) is 0 Å². The molecule has 0 fully saturated rings. The SMILES string of the molecule is CC(C)(/C=C/C(C)(C)CC(C)(C)C(C)(C)N)CC(C)(C)C(C)(C)C. The monoisotopic (exact) mass is 337 g/mol. The summed E-state index contributed by atoms with van der Waals surface area (Å²) in [7, 11) is 0. The second-order valence-electron chi connectivity index (χ2n) is 12.4. The van der Waals surface area contributed by atoms with Crippen molar-refractivity contribution >= 4 is 0 Å². The van der Waals surface area contributed by atoms with Crippen LogP contribution < -0.4 is 5.73 Å². The molecule has 144 valence electrons. The molecule has 1 nitrogen and oxygen atoms in total. The third kappa shape index (κ3) is 6.90. The van der Waals surface area contributed by atoms with Crippen LogP contribution in [-0.4, -0.2) is 5.54 Å². The van der Waals surface area contributed by atoms with Gasteiger partial charge in [-0.1, -0.05) is 88.3 Å². The minimum atomic E-state index is -0.179. The zero-order chi connectivity index (χ0) is 19.8. The molecule has 0 atom stereocenters. The normalized spacial score (nSPS) is 16.1. The van der Waals surface area contributed by atoms with Crippen LogP contribution in [0.4, 0.5) is 0 Å². The predicted octanol–water partition coefficient (Wildman–Crippen LogP) is 7.21. The fraction of sp³-hybridized carbons (Fsp3) is 0.913. The molecular formula is C23H47N. The molecule has 0 unspecified atom stereocenters. The van der Waals surface area contributed by atoms with Gasteiger partial charge in [-0.25, -0.2) is 0 Å². The van der Waals surface area contributed by atoms with Crippen molar-refractivity contribution in [1.82, 2.24) is 0 Å². The average molecular weight is 338 g/mol. The Kier molecular flexibility index (Phi) is 6.70. The fourth-order valence-corrected chi connectivity index (χ4v) is 3.34. The number of hydrogen-bond acceptors (Lipinski definition) is 1. The van der Waals surface area contributed by atoms with Crippen molar-refractivity contribution in [1.29, 1.82) is 0 Å². The molecule has 0 aliphatic heterocycles. The van der Waals surface area contributed by atoms with Crippen LogP contribution in [0.2, 0.25) is 0 Å². The Morgan fingerprint density at radius 2 is 0.833 bits per heavy atom. The molecule has 0 aromatic carbocycles. The van der Waals surface area contributed by atoms with Gasteiger partial charge in [-0.3, -0.25) is 0 Å². The van der Waals surface area contributed by atoms with E-state index in [-0.39, 0.29) is 21.8 Å². The third-order valence-electron chi connectivity index (χ3n) is 6.56. The van der Waals surface area contributed by atoms with Crippen LogP contribution in [0.3, 0.4) is 0 Å². The molecule has 0 aliphatic rings. The molecule has 0 radical (unpaired) electrons. The summed E-state index contributed by atoms with van der Waals surface area (Å²) in [4.78, 5) is 0. The lowest BCUT2D eigenvalue weighted by Gasteiger charge is -2.44. The van der Waals surface area contributed by atoms with Crippen molar-refractivity contribution in [2.45, 2.75) is 108 Å². The van der Waals surface area contributed by atoms with Crippen molar-refractivity contribution in [3.63, 3.8) is 0 Å². The highest BCUT2D eigenvalue weighted by Gasteiger charge is 2.39. The summed E-state index contributed by atoms with van der Waals surface area (Å²) in [5, 5.41) is 0. The molecule has 0 aromatic heterocycles. The fourth-order valence-electron chi connectivity index (χ4n) is 3.34. The van der Waals surface area contributed by atoms with E-state index in [4.69, 9.17) is 5.73 Å². The van der Waals surface area contributed by atoms with Crippen molar-refractivity contribution in [2.24, 2.45) is 32.8 Å². The van der Waals surface area contributed by atoms with E-state index >= 15 is 0 Å². The Morgan fingerprint density at radius 1 is 0.542 bits per heavy atom.